The number of oxime groups is 1. The van der Waals surface area contributed by atoms with Crippen molar-refractivity contribution in [2.45, 2.75) is 20.0 Å². The Balaban J connectivity index is 2.45. The Labute approximate surface area is 133 Å². The van der Waals surface area contributed by atoms with E-state index in [1.165, 1.54) is 0 Å². The van der Waals surface area contributed by atoms with Gasteiger partial charge in [-0.05, 0) is 31.5 Å². The number of benzene rings is 1. The van der Waals surface area contributed by atoms with E-state index in [-0.39, 0.29) is 13.2 Å². The summed E-state index contributed by atoms with van der Waals surface area (Å²) in [4.78, 5) is 30.1. The van der Waals surface area contributed by atoms with Crippen LogP contribution in [0.15, 0.2) is 29.4 Å². The van der Waals surface area contributed by atoms with Crippen LogP contribution in [-0.4, -0.2) is 31.4 Å². The molecule has 0 aliphatic carbocycles. The van der Waals surface area contributed by atoms with Crippen LogP contribution in [0, 0.1) is 5.41 Å². The number of ether oxygens (including phenoxy) is 2. The van der Waals surface area contributed by atoms with E-state index in [0.717, 1.165) is 6.21 Å². The molecule has 7 heteroatoms. The van der Waals surface area contributed by atoms with Crippen LogP contribution in [0.4, 0.5) is 0 Å². The Kier molecular flexibility index (Phi) is 5.03. The van der Waals surface area contributed by atoms with Gasteiger partial charge in [0.25, 0.3) is 0 Å². The second-order valence-corrected chi connectivity index (χ2v) is 5.02. The largest absolute Gasteiger partial charge is 0.465 e. The smallest absolute Gasteiger partial charge is 0.333 e. The molecule has 2 rings (SSSR count). The van der Waals surface area contributed by atoms with Gasteiger partial charge in [-0.25, -0.2) is 0 Å². The van der Waals surface area contributed by atoms with E-state index in [9.17, 15) is 9.59 Å². The molecule has 1 heterocycles. The van der Waals surface area contributed by atoms with E-state index in [2.05, 4.69) is 5.16 Å². The molecule has 0 saturated carbocycles. The van der Waals surface area contributed by atoms with E-state index >= 15 is 0 Å². The van der Waals surface area contributed by atoms with E-state index in [1.807, 2.05) is 0 Å². The lowest BCUT2D eigenvalue weighted by atomic mass is 9.80. The van der Waals surface area contributed by atoms with Crippen molar-refractivity contribution in [3.05, 3.63) is 34.9 Å². The summed E-state index contributed by atoms with van der Waals surface area (Å²) in [5, 5.41) is 4.19. The minimum atomic E-state index is -1.75. The van der Waals surface area contributed by atoms with Crippen molar-refractivity contribution in [2.24, 2.45) is 10.6 Å². The fourth-order valence-electron chi connectivity index (χ4n) is 2.19. The number of rotatable bonds is 5. The highest BCUT2D eigenvalue weighted by Crippen LogP contribution is 2.42. The molecule has 118 valence electrons. The maximum Gasteiger partial charge on any atom is 0.333 e. The predicted molar refractivity (Wildman–Crippen MR) is 79.5 cm³/mol. The molecule has 0 N–H and O–H groups in total. The summed E-state index contributed by atoms with van der Waals surface area (Å²) in [6.45, 7) is 3.56. The molecule has 0 radical (unpaired) electrons. The number of hydrogen-bond acceptors (Lipinski definition) is 6. The Bertz CT molecular complexity index is 566. The maximum atomic E-state index is 12.4. The van der Waals surface area contributed by atoms with Crippen LogP contribution in [-0.2, 0) is 23.9 Å². The zero-order valence-corrected chi connectivity index (χ0v) is 13.0. The van der Waals surface area contributed by atoms with Gasteiger partial charge in [0.05, 0.1) is 19.4 Å². The normalized spacial score (nSPS) is 18.6. The topological polar surface area (TPSA) is 74.2 Å². The van der Waals surface area contributed by atoms with Crippen LogP contribution in [0.25, 0.3) is 0 Å². The average Bonchev–Trinajstić information content (AvgIpc) is 2.94. The van der Waals surface area contributed by atoms with Gasteiger partial charge in [0.1, 0.15) is 0 Å². The molecule has 1 atom stereocenters. The summed E-state index contributed by atoms with van der Waals surface area (Å²) in [5.74, 6) is -1.51. The van der Waals surface area contributed by atoms with Gasteiger partial charge >= 0.3 is 11.9 Å². The van der Waals surface area contributed by atoms with Gasteiger partial charge in [-0.1, -0.05) is 28.9 Å². The van der Waals surface area contributed by atoms with Crippen molar-refractivity contribution >= 4 is 29.8 Å². The lowest BCUT2D eigenvalue weighted by Gasteiger charge is -2.26. The highest BCUT2D eigenvalue weighted by atomic mass is 35.5. The molecule has 1 aliphatic heterocycles. The Morgan fingerprint density at radius 2 is 1.73 bits per heavy atom. The molecule has 0 saturated heterocycles. The summed E-state index contributed by atoms with van der Waals surface area (Å²) in [7, 11) is 0. The number of nitrogens with zero attached hydrogens (tertiary/aromatic N) is 1. The minimum Gasteiger partial charge on any atom is -0.465 e. The maximum absolute atomic E-state index is 12.4. The zero-order valence-electron chi connectivity index (χ0n) is 12.2. The fraction of sp³-hybridized carbons (Fsp3) is 0.400. The lowest BCUT2D eigenvalue weighted by molar-refractivity contribution is -0.173. The van der Waals surface area contributed by atoms with Gasteiger partial charge in [0.15, 0.2) is 6.10 Å². The number of hydrogen-bond donors (Lipinski definition) is 0. The van der Waals surface area contributed by atoms with E-state index < -0.39 is 23.5 Å². The first-order valence-corrected chi connectivity index (χ1v) is 7.24. The first-order valence-electron chi connectivity index (χ1n) is 6.86. The monoisotopic (exact) mass is 325 g/mol. The summed E-state index contributed by atoms with van der Waals surface area (Å²) in [6, 6.07) is 6.60. The van der Waals surface area contributed by atoms with Crippen molar-refractivity contribution in [3.63, 3.8) is 0 Å². The third kappa shape index (κ3) is 2.78. The molecule has 0 amide bonds. The van der Waals surface area contributed by atoms with Crippen molar-refractivity contribution in [1.29, 1.82) is 0 Å². The molecule has 1 unspecified atom stereocenters. The third-order valence-corrected chi connectivity index (χ3v) is 3.49. The van der Waals surface area contributed by atoms with Crippen molar-refractivity contribution in [1.82, 2.24) is 0 Å². The highest BCUT2D eigenvalue weighted by Gasteiger charge is 2.59. The highest BCUT2D eigenvalue weighted by molar-refractivity contribution is 6.30. The fourth-order valence-corrected chi connectivity index (χ4v) is 2.32. The predicted octanol–water partition coefficient (Wildman–Crippen LogP) is 2.51. The van der Waals surface area contributed by atoms with Crippen molar-refractivity contribution < 1.29 is 23.9 Å². The molecule has 1 aromatic rings. The van der Waals surface area contributed by atoms with Gasteiger partial charge in [-0.2, -0.15) is 0 Å². The molecule has 0 bridgehead atoms. The number of esters is 2. The van der Waals surface area contributed by atoms with Crippen LogP contribution >= 0.6 is 11.6 Å². The standard InChI is InChI=1S/C15H16ClNO5/c1-3-20-13(18)15(14(19)21-4-2)9-17-22-12(15)10-5-7-11(16)8-6-10/h5-9,12H,3-4H2,1-2H3. The third-order valence-electron chi connectivity index (χ3n) is 3.24. The Hall–Kier alpha value is -2.08. The van der Waals surface area contributed by atoms with Gasteiger partial charge in [0.2, 0.25) is 5.41 Å². The molecular weight excluding hydrogens is 310 g/mol. The molecule has 22 heavy (non-hydrogen) atoms. The van der Waals surface area contributed by atoms with Crippen LogP contribution in [0.5, 0.6) is 0 Å². The quantitative estimate of drug-likeness (QED) is 0.614. The zero-order chi connectivity index (χ0) is 16.2. The molecule has 6 nitrogen and oxygen atoms in total. The number of halogens is 1. The first kappa shape index (κ1) is 16.3. The first-order chi connectivity index (χ1) is 10.6. The van der Waals surface area contributed by atoms with Crippen LogP contribution in [0.1, 0.15) is 25.5 Å². The van der Waals surface area contributed by atoms with Gasteiger partial charge in [-0.15, -0.1) is 0 Å². The molecule has 0 spiro atoms. The SMILES string of the molecule is CCOC(=O)C1(C(=O)OCC)C=NOC1c1ccc(Cl)cc1. The molecule has 0 aromatic heterocycles. The van der Waals surface area contributed by atoms with Crippen molar-refractivity contribution in [2.75, 3.05) is 13.2 Å². The van der Waals surface area contributed by atoms with Crippen molar-refractivity contribution in [3.8, 4) is 0 Å². The summed E-state index contributed by atoms with van der Waals surface area (Å²) in [5.41, 5.74) is -1.18. The van der Waals surface area contributed by atoms with Gasteiger partial charge in [-0.3, -0.25) is 9.59 Å². The number of carbonyl (C=O) groups excluding carboxylic acids is 2. The summed E-state index contributed by atoms with van der Waals surface area (Å²) < 4.78 is 10.1. The van der Waals surface area contributed by atoms with Gasteiger partial charge in [0, 0.05) is 5.02 Å². The van der Waals surface area contributed by atoms with E-state index in [1.54, 1.807) is 38.1 Å². The molecule has 1 aromatic carbocycles. The summed E-state index contributed by atoms with van der Waals surface area (Å²) in [6.07, 6.45) is 0.185. The number of carbonyl (C=O) groups is 2. The molecular formula is C15H16ClNO5. The molecule has 1 aliphatic rings. The minimum absolute atomic E-state index is 0.126. The van der Waals surface area contributed by atoms with Crippen LogP contribution in [0.3, 0.4) is 0 Å². The Morgan fingerprint density at radius 3 is 2.23 bits per heavy atom. The van der Waals surface area contributed by atoms with E-state index in [4.69, 9.17) is 25.9 Å². The van der Waals surface area contributed by atoms with Gasteiger partial charge < -0.3 is 14.3 Å². The molecule has 0 fully saturated rings. The second-order valence-electron chi connectivity index (χ2n) is 4.58. The van der Waals surface area contributed by atoms with E-state index in [0.29, 0.717) is 10.6 Å². The average molecular weight is 326 g/mol. The Morgan fingerprint density at radius 1 is 1.18 bits per heavy atom. The van der Waals surface area contributed by atoms with Crippen LogP contribution < -0.4 is 0 Å². The second kappa shape index (κ2) is 6.79. The lowest BCUT2D eigenvalue weighted by Crippen LogP contribution is -2.46. The van der Waals surface area contributed by atoms with Crippen LogP contribution in [0.2, 0.25) is 5.02 Å². The summed E-state index contributed by atoms with van der Waals surface area (Å²) >= 11 is 5.86.